The minimum Gasteiger partial charge on any atom is -0.175 e. The molecule has 1 aliphatic rings. The van der Waals surface area contributed by atoms with Crippen molar-refractivity contribution >= 4 is 12.6 Å². The van der Waals surface area contributed by atoms with Gasteiger partial charge in [0.2, 0.25) is 0 Å². The highest BCUT2D eigenvalue weighted by molar-refractivity contribution is 7.80. The third kappa shape index (κ3) is 5.09. The summed E-state index contributed by atoms with van der Waals surface area (Å²) < 4.78 is 0. The smallest absolute Gasteiger partial charge is 0.0119 e. The molecular weight excluding hydrogens is 272 g/mol. The Morgan fingerprint density at radius 1 is 1.24 bits per heavy atom. The number of rotatable bonds is 7. The zero-order valence-electron chi connectivity index (χ0n) is 12.6. The van der Waals surface area contributed by atoms with Crippen LogP contribution in [0.1, 0.15) is 31.2 Å². The molecule has 0 radical (unpaired) electrons. The Hall–Kier alpha value is -1.47. The molecule has 2 rings (SSSR count). The van der Waals surface area contributed by atoms with Crippen LogP contribution in [-0.4, -0.2) is 5.75 Å². The van der Waals surface area contributed by atoms with Gasteiger partial charge in [-0.15, -0.1) is 0 Å². The summed E-state index contributed by atoms with van der Waals surface area (Å²) in [7, 11) is 0. The third-order valence-electron chi connectivity index (χ3n) is 3.97. The molecule has 0 saturated heterocycles. The number of thiol groups is 1. The van der Waals surface area contributed by atoms with E-state index in [0.717, 1.165) is 31.4 Å². The molecule has 0 unspecified atom stereocenters. The Morgan fingerprint density at radius 2 is 2.05 bits per heavy atom. The van der Waals surface area contributed by atoms with Crippen molar-refractivity contribution in [2.24, 2.45) is 0 Å². The molecule has 1 heteroatoms. The molecule has 0 spiro atoms. The van der Waals surface area contributed by atoms with Crippen molar-refractivity contribution in [1.29, 1.82) is 0 Å². The van der Waals surface area contributed by atoms with Crippen molar-refractivity contribution in [3.63, 3.8) is 0 Å². The van der Waals surface area contributed by atoms with E-state index in [1.54, 1.807) is 0 Å². The zero-order chi connectivity index (χ0) is 14.9. The quantitative estimate of drug-likeness (QED) is 0.484. The van der Waals surface area contributed by atoms with Crippen LogP contribution < -0.4 is 0 Å². The molecule has 0 bridgehead atoms. The highest BCUT2D eigenvalue weighted by Gasteiger charge is 2.07. The number of benzene rings is 1. The second kappa shape index (κ2) is 8.74. The molecule has 0 aliphatic heterocycles. The van der Waals surface area contributed by atoms with E-state index in [1.165, 1.54) is 28.7 Å². The van der Waals surface area contributed by atoms with Crippen LogP contribution in [0, 0.1) is 0 Å². The van der Waals surface area contributed by atoms with Gasteiger partial charge in [-0.1, -0.05) is 72.4 Å². The van der Waals surface area contributed by atoms with Gasteiger partial charge >= 0.3 is 0 Å². The monoisotopic (exact) mass is 296 g/mol. The fraction of sp³-hybridized carbons (Fsp3) is 0.300. The lowest BCUT2D eigenvalue weighted by Crippen LogP contribution is -1.98. The Kier molecular flexibility index (Phi) is 6.62. The summed E-state index contributed by atoms with van der Waals surface area (Å²) in [6.45, 7) is 4.01. The first-order valence-corrected chi connectivity index (χ1v) is 8.29. The predicted octanol–water partition coefficient (Wildman–Crippen LogP) is 5.70. The first-order valence-electron chi connectivity index (χ1n) is 7.66. The van der Waals surface area contributed by atoms with E-state index in [2.05, 4.69) is 67.8 Å². The highest BCUT2D eigenvalue weighted by Crippen LogP contribution is 2.25. The van der Waals surface area contributed by atoms with E-state index in [4.69, 9.17) is 0 Å². The first kappa shape index (κ1) is 15.9. The van der Waals surface area contributed by atoms with Gasteiger partial charge in [-0.05, 0) is 43.2 Å². The molecular formula is C20H24S. The lowest BCUT2D eigenvalue weighted by molar-refractivity contribution is 0.883. The fourth-order valence-electron chi connectivity index (χ4n) is 2.67. The Morgan fingerprint density at radius 3 is 2.67 bits per heavy atom. The molecule has 0 atom stereocenters. The van der Waals surface area contributed by atoms with Crippen molar-refractivity contribution in [1.82, 2.24) is 0 Å². The molecule has 1 aromatic rings. The van der Waals surface area contributed by atoms with Gasteiger partial charge < -0.3 is 0 Å². The summed E-state index contributed by atoms with van der Waals surface area (Å²) in [5, 5.41) is 0. The van der Waals surface area contributed by atoms with Gasteiger partial charge in [-0.3, -0.25) is 0 Å². The van der Waals surface area contributed by atoms with Crippen LogP contribution in [0.3, 0.4) is 0 Å². The molecule has 0 amide bonds. The van der Waals surface area contributed by atoms with E-state index >= 15 is 0 Å². The minimum atomic E-state index is 0.817. The highest BCUT2D eigenvalue weighted by atomic mass is 32.1. The summed E-state index contributed by atoms with van der Waals surface area (Å²) in [5.74, 6) is 0.817. The van der Waals surface area contributed by atoms with Gasteiger partial charge in [0.15, 0.2) is 0 Å². The van der Waals surface area contributed by atoms with Crippen LogP contribution in [0.25, 0.3) is 0 Å². The molecule has 0 fully saturated rings. The van der Waals surface area contributed by atoms with Crippen LogP contribution in [0.5, 0.6) is 0 Å². The second-order valence-electron chi connectivity index (χ2n) is 5.45. The molecule has 21 heavy (non-hydrogen) atoms. The van der Waals surface area contributed by atoms with Gasteiger partial charge in [0.05, 0.1) is 0 Å². The average molecular weight is 296 g/mol. The van der Waals surface area contributed by atoms with Crippen LogP contribution in [0.4, 0.5) is 0 Å². The van der Waals surface area contributed by atoms with Crippen molar-refractivity contribution in [2.75, 3.05) is 5.75 Å². The number of hydrogen-bond donors (Lipinski definition) is 1. The lowest BCUT2D eigenvalue weighted by atomic mass is 9.93. The van der Waals surface area contributed by atoms with E-state index in [0.29, 0.717) is 0 Å². The maximum Gasteiger partial charge on any atom is 0.0119 e. The molecule has 0 heterocycles. The van der Waals surface area contributed by atoms with Crippen LogP contribution in [-0.2, 0) is 6.42 Å². The summed E-state index contributed by atoms with van der Waals surface area (Å²) >= 11 is 4.53. The standard InChI is InChI=1S/C20H24S/c1-2-19(15-18-11-7-4-8-12-18)20(16-21)14-13-17-9-5-3-6-10-17/h2-7,9-11,21H,1,8,12-16H2/b20-19-. The zero-order valence-corrected chi connectivity index (χ0v) is 13.5. The molecule has 0 N–H and O–H groups in total. The normalized spacial score (nSPS) is 15.4. The van der Waals surface area contributed by atoms with Crippen LogP contribution in [0.2, 0.25) is 0 Å². The summed E-state index contributed by atoms with van der Waals surface area (Å²) in [4.78, 5) is 0. The van der Waals surface area contributed by atoms with Crippen LogP contribution in [0.15, 0.2) is 77.9 Å². The fourth-order valence-corrected chi connectivity index (χ4v) is 3.03. The maximum atomic E-state index is 4.53. The summed E-state index contributed by atoms with van der Waals surface area (Å²) in [5.41, 5.74) is 5.68. The Bertz CT molecular complexity index is 546. The largest absolute Gasteiger partial charge is 0.175 e. The van der Waals surface area contributed by atoms with Gasteiger partial charge in [0, 0.05) is 5.75 Å². The van der Waals surface area contributed by atoms with E-state index in [1.807, 2.05) is 6.08 Å². The van der Waals surface area contributed by atoms with Gasteiger partial charge in [0.25, 0.3) is 0 Å². The lowest BCUT2D eigenvalue weighted by Gasteiger charge is -2.14. The van der Waals surface area contributed by atoms with Crippen molar-refractivity contribution in [3.8, 4) is 0 Å². The molecule has 0 nitrogen and oxygen atoms in total. The summed E-state index contributed by atoms with van der Waals surface area (Å²) in [6.07, 6.45) is 14.2. The molecule has 1 aliphatic carbocycles. The van der Waals surface area contributed by atoms with Gasteiger partial charge in [-0.25, -0.2) is 0 Å². The molecule has 110 valence electrons. The molecule has 1 aromatic carbocycles. The maximum absolute atomic E-state index is 4.53. The van der Waals surface area contributed by atoms with E-state index in [9.17, 15) is 0 Å². The van der Waals surface area contributed by atoms with Crippen LogP contribution >= 0.6 is 12.6 Å². The predicted molar refractivity (Wildman–Crippen MR) is 96.9 cm³/mol. The molecule has 0 aromatic heterocycles. The SMILES string of the molecule is C=C/C(CC1=CC=CCC1)=C(/CS)CCc1ccccc1. The minimum absolute atomic E-state index is 0.817. The van der Waals surface area contributed by atoms with Crippen molar-refractivity contribution in [2.45, 2.75) is 32.1 Å². The summed E-state index contributed by atoms with van der Waals surface area (Å²) in [6, 6.07) is 10.7. The van der Waals surface area contributed by atoms with Crippen molar-refractivity contribution in [3.05, 3.63) is 83.5 Å². The van der Waals surface area contributed by atoms with Gasteiger partial charge in [0.1, 0.15) is 0 Å². The van der Waals surface area contributed by atoms with Crippen molar-refractivity contribution < 1.29 is 0 Å². The Labute approximate surface area is 134 Å². The Balaban J connectivity index is 2.05. The number of aryl methyl sites for hydroxylation is 1. The first-order chi connectivity index (χ1) is 10.3. The topological polar surface area (TPSA) is 0 Å². The van der Waals surface area contributed by atoms with E-state index in [-0.39, 0.29) is 0 Å². The van der Waals surface area contributed by atoms with E-state index < -0.39 is 0 Å². The second-order valence-corrected chi connectivity index (χ2v) is 5.76. The third-order valence-corrected chi connectivity index (χ3v) is 4.35. The molecule has 0 saturated carbocycles. The average Bonchev–Trinajstić information content (AvgIpc) is 2.56. The van der Waals surface area contributed by atoms with Gasteiger partial charge in [-0.2, -0.15) is 12.6 Å². The number of hydrogen-bond acceptors (Lipinski definition) is 1. The number of allylic oxidation sites excluding steroid dienone is 6.